The van der Waals surface area contributed by atoms with Crippen LogP contribution >= 0.6 is 0 Å². The summed E-state index contributed by atoms with van der Waals surface area (Å²) in [6.07, 6.45) is -5.54. The fourth-order valence-electron chi connectivity index (χ4n) is 2.64. The van der Waals surface area contributed by atoms with Gasteiger partial charge in [0.25, 0.3) is 5.89 Å². The fraction of sp³-hybridized carbons (Fsp3) is 0.467. The summed E-state index contributed by atoms with van der Waals surface area (Å²) in [7, 11) is 0. The zero-order valence-corrected chi connectivity index (χ0v) is 13.4. The van der Waals surface area contributed by atoms with Crippen molar-refractivity contribution in [3.8, 4) is 6.07 Å². The molecule has 132 valence electrons. The standard InChI is InChI=1S/C15H14F3N5O2/c1-8-6-23(7-11(24-8)14-20-9(2)22-25-14)13-10(5-19)3-4-12(21-13)15(16,17)18/h3-4,8,11H,6-7H2,1-2H3/t8-,11-/m1/s1. The van der Waals surface area contributed by atoms with E-state index in [4.69, 9.17) is 9.26 Å². The molecule has 0 aromatic carbocycles. The molecule has 0 radical (unpaired) electrons. The van der Waals surface area contributed by atoms with E-state index in [1.807, 2.05) is 6.07 Å². The lowest BCUT2D eigenvalue weighted by Crippen LogP contribution is -2.44. The Morgan fingerprint density at radius 1 is 1.28 bits per heavy atom. The number of ether oxygens (including phenoxy) is 1. The molecule has 25 heavy (non-hydrogen) atoms. The van der Waals surface area contributed by atoms with Crippen molar-refractivity contribution in [1.82, 2.24) is 15.1 Å². The Bertz CT molecular complexity index is 814. The van der Waals surface area contributed by atoms with E-state index in [0.29, 0.717) is 5.82 Å². The Labute approximate surface area is 141 Å². The molecule has 0 bridgehead atoms. The molecule has 2 aromatic rings. The zero-order valence-electron chi connectivity index (χ0n) is 13.4. The predicted molar refractivity (Wildman–Crippen MR) is 78.5 cm³/mol. The Kier molecular flexibility index (Phi) is 4.34. The summed E-state index contributed by atoms with van der Waals surface area (Å²) in [4.78, 5) is 9.34. The van der Waals surface area contributed by atoms with Crippen LogP contribution in [0.25, 0.3) is 0 Å². The van der Waals surface area contributed by atoms with Gasteiger partial charge in [-0.3, -0.25) is 0 Å². The summed E-state index contributed by atoms with van der Waals surface area (Å²) in [5.41, 5.74) is -0.992. The van der Waals surface area contributed by atoms with Crippen LogP contribution < -0.4 is 4.90 Å². The van der Waals surface area contributed by atoms with Crippen molar-refractivity contribution in [2.75, 3.05) is 18.0 Å². The van der Waals surface area contributed by atoms with Gasteiger partial charge in [0.05, 0.1) is 18.2 Å². The van der Waals surface area contributed by atoms with Crippen molar-refractivity contribution in [3.05, 3.63) is 35.1 Å². The van der Waals surface area contributed by atoms with Crippen molar-refractivity contribution >= 4 is 5.82 Å². The molecule has 0 N–H and O–H groups in total. The monoisotopic (exact) mass is 353 g/mol. The first-order valence-electron chi connectivity index (χ1n) is 7.47. The third-order valence-electron chi connectivity index (χ3n) is 3.66. The van der Waals surface area contributed by atoms with Gasteiger partial charge in [-0.25, -0.2) is 4.98 Å². The summed E-state index contributed by atoms with van der Waals surface area (Å²) in [6.45, 7) is 3.85. The maximum Gasteiger partial charge on any atom is 0.433 e. The van der Waals surface area contributed by atoms with E-state index in [1.54, 1.807) is 18.7 Å². The molecule has 0 amide bonds. The molecular formula is C15H14F3N5O2. The van der Waals surface area contributed by atoms with Crippen molar-refractivity contribution in [1.29, 1.82) is 5.26 Å². The number of nitrogens with zero attached hydrogens (tertiary/aromatic N) is 5. The molecule has 1 fully saturated rings. The Morgan fingerprint density at radius 2 is 2.04 bits per heavy atom. The van der Waals surface area contributed by atoms with Gasteiger partial charge >= 0.3 is 6.18 Å². The first-order chi connectivity index (χ1) is 11.8. The van der Waals surface area contributed by atoms with Crippen molar-refractivity contribution in [2.45, 2.75) is 32.2 Å². The number of alkyl halides is 3. The summed E-state index contributed by atoms with van der Waals surface area (Å²) in [5.74, 6) is 0.631. The van der Waals surface area contributed by atoms with Gasteiger partial charge in [0.15, 0.2) is 11.9 Å². The maximum atomic E-state index is 13.0. The zero-order chi connectivity index (χ0) is 18.2. The number of pyridine rings is 1. The second-order valence-electron chi connectivity index (χ2n) is 5.70. The van der Waals surface area contributed by atoms with Crippen LogP contribution in [0.3, 0.4) is 0 Å². The number of aromatic nitrogens is 3. The van der Waals surface area contributed by atoms with Gasteiger partial charge in [-0.2, -0.15) is 23.4 Å². The summed E-state index contributed by atoms with van der Waals surface area (Å²) >= 11 is 0. The van der Waals surface area contributed by atoms with Gasteiger partial charge in [-0.15, -0.1) is 0 Å². The Balaban J connectivity index is 1.95. The van der Waals surface area contributed by atoms with Gasteiger partial charge in [-0.1, -0.05) is 5.16 Å². The number of halogens is 3. The van der Waals surface area contributed by atoms with Gasteiger partial charge in [0, 0.05) is 6.54 Å². The Hall–Kier alpha value is -2.67. The number of rotatable bonds is 2. The summed E-state index contributed by atoms with van der Waals surface area (Å²) in [5, 5.41) is 12.9. The van der Waals surface area contributed by atoms with Gasteiger partial charge in [0.1, 0.15) is 17.6 Å². The number of nitriles is 1. The van der Waals surface area contributed by atoms with E-state index in [9.17, 15) is 18.4 Å². The molecule has 7 nitrogen and oxygen atoms in total. The molecule has 2 atom stereocenters. The number of hydrogen-bond donors (Lipinski definition) is 0. The van der Waals surface area contributed by atoms with E-state index in [0.717, 1.165) is 12.1 Å². The molecule has 0 unspecified atom stereocenters. The minimum atomic E-state index is -4.59. The van der Waals surface area contributed by atoms with E-state index in [-0.39, 0.29) is 36.5 Å². The first kappa shape index (κ1) is 17.2. The lowest BCUT2D eigenvalue weighted by Gasteiger charge is -2.36. The molecule has 2 aromatic heterocycles. The minimum Gasteiger partial charge on any atom is -0.362 e. The number of morpholine rings is 1. The van der Waals surface area contributed by atoms with Crippen LogP contribution in [0, 0.1) is 18.3 Å². The van der Waals surface area contributed by atoms with E-state index in [2.05, 4.69) is 15.1 Å². The number of anilines is 1. The van der Waals surface area contributed by atoms with Crippen LogP contribution in [0.5, 0.6) is 0 Å². The van der Waals surface area contributed by atoms with Gasteiger partial charge in [-0.05, 0) is 26.0 Å². The minimum absolute atomic E-state index is 0.0336. The topological polar surface area (TPSA) is 88.1 Å². The van der Waals surface area contributed by atoms with Crippen LogP contribution in [0.1, 0.15) is 36.0 Å². The second-order valence-corrected chi connectivity index (χ2v) is 5.70. The highest BCUT2D eigenvalue weighted by Gasteiger charge is 2.36. The average Bonchev–Trinajstić information content (AvgIpc) is 2.99. The highest BCUT2D eigenvalue weighted by Crippen LogP contribution is 2.33. The highest BCUT2D eigenvalue weighted by atomic mass is 19.4. The third kappa shape index (κ3) is 3.56. The first-order valence-corrected chi connectivity index (χ1v) is 7.47. The third-order valence-corrected chi connectivity index (χ3v) is 3.66. The Morgan fingerprint density at radius 3 is 2.64 bits per heavy atom. The molecule has 1 saturated heterocycles. The smallest absolute Gasteiger partial charge is 0.362 e. The van der Waals surface area contributed by atoms with Crippen molar-refractivity contribution in [2.24, 2.45) is 0 Å². The van der Waals surface area contributed by atoms with Crippen LogP contribution in [-0.2, 0) is 10.9 Å². The van der Waals surface area contributed by atoms with Crippen LogP contribution in [0.2, 0.25) is 0 Å². The second kappa shape index (κ2) is 6.33. The van der Waals surface area contributed by atoms with Gasteiger partial charge < -0.3 is 14.2 Å². The molecule has 10 heteroatoms. The predicted octanol–water partition coefficient (Wildman–Crippen LogP) is 2.63. The average molecular weight is 353 g/mol. The lowest BCUT2D eigenvalue weighted by molar-refractivity contribution is -0.141. The molecular weight excluding hydrogens is 339 g/mol. The van der Waals surface area contributed by atoms with Crippen molar-refractivity contribution < 1.29 is 22.4 Å². The number of hydrogen-bond acceptors (Lipinski definition) is 7. The molecule has 1 aliphatic rings. The SMILES string of the molecule is Cc1noc([C@H]2CN(c3nc(C(F)(F)F)ccc3C#N)C[C@@H](C)O2)n1. The van der Waals surface area contributed by atoms with E-state index >= 15 is 0 Å². The quantitative estimate of drug-likeness (QED) is 0.820. The molecule has 1 aliphatic heterocycles. The molecule has 0 saturated carbocycles. The molecule has 0 aliphatic carbocycles. The van der Waals surface area contributed by atoms with E-state index in [1.165, 1.54) is 0 Å². The molecule has 0 spiro atoms. The van der Waals surface area contributed by atoms with Gasteiger partial charge in [0.2, 0.25) is 0 Å². The highest BCUT2D eigenvalue weighted by molar-refractivity contribution is 5.55. The fourth-order valence-corrected chi connectivity index (χ4v) is 2.64. The molecule has 3 heterocycles. The largest absolute Gasteiger partial charge is 0.433 e. The summed E-state index contributed by atoms with van der Waals surface area (Å²) in [6, 6.07) is 3.80. The summed E-state index contributed by atoms with van der Waals surface area (Å²) < 4.78 is 49.7. The molecule has 3 rings (SSSR count). The van der Waals surface area contributed by atoms with Crippen LogP contribution in [0.4, 0.5) is 19.0 Å². The van der Waals surface area contributed by atoms with Crippen LogP contribution in [-0.4, -0.2) is 34.3 Å². The normalized spacial score (nSPS) is 21.2. The van der Waals surface area contributed by atoms with Crippen LogP contribution in [0.15, 0.2) is 16.7 Å². The maximum absolute atomic E-state index is 13.0. The van der Waals surface area contributed by atoms with E-state index < -0.39 is 18.0 Å². The van der Waals surface area contributed by atoms with Crippen molar-refractivity contribution in [3.63, 3.8) is 0 Å². The lowest BCUT2D eigenvalue weighted by atomic mass is 10.1. The number of aryl methyl sites for hydroxylation is 1.